The number of carbonyl (C=O) groups excluding carboxylic acids is 2. The first-order valence-corrected chi connectivity index (χ1v) is 4.35. The summed E-state index contributed by atoms with van der Waals surface area (Å²) in [6.45, 7) is 3.72. The van der Waals surface area contributed by atoms with Gasteiger partial charge in [-0.05, 0) is 19.9 Å². The summed E-state index contributed by atoms with van der Waals surface area (Å²) in [5.74, 6) is -0.456. The molecule has 1 saturated heterocycles. The molecule has 1 aliphatic heterocycles. The number of cyclic esters (lactones) is 2. The van der Waals surface area contributed by atoms with Crippen molar-refractivity contribution in [3.05, 3.63) is 12.2 Å². The van der Waals surface area contributed by atoms with Crippen LogP contribution in [-0.4, -0.2) is 30.9 Å². The molecule has 5 heteroatoms. The molecule has 0 aliphatic carbocycles. The molecular weight excluding hydrogens is 188 g/mol. The smallest absolute Gasteiger partial charge is 0.463 e. The summed E-state index contributed by atoms with van der Waals surface area (Å²) in [7, 11) is 0. The van der Waals surface area contributed by atoms with Crippen molar-refractivity contribution in [3.63, 3.8) is 0 Å². The van der Waals surface area contributed by atoms with Gasteiger partial charge in [0.05, 0.1) is 6.61 Å². The normalized spacial score (nSPS) is 26.0. The molecule has 0 N–H and O–H groups in total. The van der Waals surface area contributed by atoms with E-state index in [-0.39, 0.29) is 6.10 Å². The van der Waals surface area contributed by atoms with Gasteiger partial charge in [0.2, 0.25) is 0 Å². The Balaban J connectivity index is 2.44. The quantitative estimate of drug-likeness (QED) is 0.503. The van der Waals surface area contributed by atoms with Crippen LogP contribution < -0.4 is 0 Å². The number of hydrogen-bond acceptors (Lipinski definition) is 5. The first kappa shape index (κ1) is 10.6. The van der Waals surface area contributed by atoms with E-state index in [0.717, 1.165) is 0 Å². The molecule has 0 radical (unpaired) electrons. The highest BCUT2D eigenvalue weighted by molar-refractivity contribution is 5.82. The Morgan fingerprint density at radius 2 is 2.29 bits per heavy atom. The van der Waals surface area contributed by atoms with Gasteiger partial charge in [0.25, 0.3) is 0 Å². The summed E-state index contributed by atoms with van der Waals surface area (Å²) in [6, 6.07) is 0. The van der Waals surface area contributed by atoms with Crippen molar-refractivity contribution in [2.45, 2.75) is 26.1 Å². The largest absolute Gasteiger partial charge is 0.509 e. The van der Waals surface area contributed by atoms with E-state index in [2.05, 4.69) is 4.74 Å². The van der Waals surface area contributed by atoms with E-state index in [1.54, 1.807) is 13.8 Å². The van der Waals surface area contributed by atoms with Crippen molar-refractivity contribution in [3.8, 4) is 0 Å². The fraction of sp³-hybridized carbons (Fsp3) is 0.556. The summed E-state index contributed by atoms with van der Waals surface area (Å²) in [6.07, 6.45) is 1.09. The van der Waals surface area contributed by atoms with Crippen molar-refractivity contribution in [1.29, 1.82) is 0 Å². The van der Waals surface area contributed by atoms with Crippen LogP contribution >= 0.6 is 0 Å². The lowest BCUT2D eigenvalue weighted by Gasteiger charge is -2.04. The summed E-state index contributed by atoms with van der Waals surface area (Å²) < 4.78 is 14.1. The Hall–Kier alpha value is -1.52. The molecule has 1 fully saturated rings. The lowest BCUT2D eigenvalue weighted by Crippen LogP contribution is -2.16. The highest BCUT2D eigenvalue weighted by Crippen LogP contribution is 2.15. The van der Waals surface area contributed by atoms with Gasteiger partial charge in [-0.25, -0.2) is 9.59 Å². The first-order valence-electron chi connectivity index (χ1n) is 4.35. The molecule has 0 bridgehead atoms. The molecule has 1 aliphatic rings. The van der Waals surface area contributed by atoms with E-state index < -0.39 is 18.2 Å². The van der Waals surface area contributed by atoms with Crippen molar-refractivity contribution >= 4 is 12.1 Å². The second-order valence-electron chi connectivity index (χ2n) is 2.77. The molecular formula is C9H12O5. The zero-order valence-corrected chi connectivity index (χ0v) is 8.06. The highest BCUT2D eigenvalue weighted by atomic mass is 16.8. The van der Waals surface area contributed by atoms with E-state index in [0.29, 0.717) is 6.61 Å². The van der Waals surface area contributed by atoms with Crippen LogP contribution in [-0.2, 0) is 19.0 Å². The van der Waals surface area contributed by atoms with Crippen molar-refractivity contribution in [1.82, 2.24) is 0 Å². The lowest BCUT2D eigenvalue weighted by atomic mass is 10.2. The Morgan fingerprint density at radius 3 is 2.79 bits per heavy atom. The molecule has 1 rings (SSSR count). The second kappa shape index (κ2) is 4.64. The molecule has 0 unspecified atom stereocenters. The van der Waals surface area contributed by atoms with Gasteiger partial charge < -0.3 is 14.2 Å². The van der Waals surface area contributed by atoms with Gasteiger partial charge in [-0.2, -0.15) is 0 Å². The standard InChI is InChI=1S/C9H12O5/c1-3-12-8(10)5-4-7-6(2)13-9(11)14-7/h4-7H,3H2,1-2H3/b5-4+/t6-,7-/m1/s1. The van der Waals surface area contributed by atoms with E-state index in [1.165, 1.54) is 12.2 Å². The molecule has 5 nitrogen and oxygen atoms in total. The summed E-state index contributed by atoms with van der Waals surface area (Å²) >= 11 is 0. The van der Waals surface area contributed by atoms with Gasteiger partial charge >= 0.3 is 12.1 Å². The monoisotopic (exact) mass is 200 g/mol. The van der Waals surface area contributed by atoms with Gasteiger partial charge in [-0.15, -0.1) is 0 Å². The third-order valence-electron chi connectivity index (χ3n) is 1.69. The van der Waals surface area contributed by atoms with E-state index in [1.807, 2.05) is 0 Å². The van der Waals surface area contributed by atoms with Crippen LogP contribution in [0, 0.1) is 0 Å². The van der Waals surface area contributed by atoms with Gasteiger partial charge in [0.15, 0.2) is 6.10 Å². The lowest BCUT2D eigenvalue weighted by molar-refractivity contribution is -0.137. The van der Waals surface area contributed by atoms with Crippen LogP contribution in [0.15, 0.2) is 12.2 Å². The average molecular weight is 200 g/mol. The predicted molar refractivity (Wildman–Crippen MR) is 46.6 cm³/mol. The molecule has 0 aromatic heterocycles. The molecule has 0 aromatic carbocycles. The summed E-state index contributed by atoms with van der Waals surface area (Å²) in [5.41, 5.74) is 0. The van der Waals surface area contributed by atoms with E-state index in [9.17, 15) is 9.59 Å². The van der Waals surface area contributed by atoms with Crippen molar-refractivity contribution < 1.29 is 23.8 Å². The highest BCUT2D eigenvalue weighted by Gasteiger charge is 2.30. The molecule has 2 atom stereocenters. The van der Waals surface area contributed by atoms with E-state index in [4.69, 9.17) is 9.47 Å². The number of rotatable bonds is 3. The molecule has 1 heterocycles. The van der Waals surface area contributed by atoms with Crippen LogP contribution in [0.3, 0.4) is 0 Å². The van der Waals surface area contributed by atoms with Crippen molar-refractivity contribution in [2.24, 2.45) is 0 Å². The predicted octanol–water partition coefficient (Wildman–Crippen LogP) is 1.03. The third kappa shape index (κ3) is 2.76. The fourth-order valence-corrected chi connectivity index (χ4v) is 1.01. The molecule has 14 heavy (non-hydrogen) atoms. The Kier molecular flexibility index (Phi) is 3.50. The zero-order chi connectivity index (χ0) is 10.6. The Morgan fingerprint density at radius 1 is 1.57 bits per heavy atom. The molecule has 78 valence electrons. The number of esters is 1. The maximum atomic E-state index is 10.9. The molecule has 0 amide bonds. The summed E-state index contributed by atoms with van der Waals surface area (Å²) in [5, 5.41) is 0. The van der Waals surface area contributed by atoms with Gasteiger partial charge in [-0.3, -0.25) is 0 Å². The molecule has 0 aromatic rings. The number of carbonyl (C=O) groups is 2. The minimum atomic E-state index is -0.712. The second-order valence-corrected chi connectivity index (χ2v) is 2.77. The van der Waals surface area contributed by atoms with Gasteiger partial charge in [0, 0.05) is 6.08 Å². The minimum absolute atomic E-state index is 0.319. The van der Waals surface area contributed by atoms with Crippen LogP contribution in [0.1, 0.15) is 13.8 Å². The molecule has 0 spiro atoms. The molecule has 0 saturated carbocycles. The third-order valence-corrected chi connectivity index (χ3v) is 1.69. The minimum Gasteiger partial charge on any atom is -0.463 e. The maximum absolute atomic E-state index is 10.9. The van der Waals surface area contributed by atoms with E-state index >= 15 is 0 Å². The van der Waals surface area contributed by atoms with Crippen LogP contribution in [0.5, 0.6) is 0 Å². The summed E-state index contributed by atoms with van der Waals surface area (Å²) in [4.78, 5) is 21.5. The maximum Gasteiger partial charge on any atom is 0.509 e. The van der Waals surface area contributed by atoms with Gasteiger partial charge in [-0.1, -0.05) is 0 Å². The number of hydrogen-bond donors (Lipinski definition) is 0. The fourth-order valence-electron chi connectivity index (χ4n) is 1.01. The van der Waals surface area contributed by atoms with Crippen LogP contribution in [0.4, 0.5) is 4.79 Å². The zero-order valence-electron chi connectivity index (χ0n) is 8.06. The van der Waals surface area contributed by atoms with Gasteiger partial charge in [0.1, 0.15) is 6.10 Å². The Bertz CT molecular complexity index is 258. The van der Waals surface area contributed by atoms with Crippen LogP contribution in [0.25, 0.3) is 0 Å². The SMILES string of the molecule is CCOC(=O)/C=C/[C@H]1OC(=O)O[C@@H]1C. The van der Waals surface area contributed by atoms with Crippen LogP contribution in [0.2, 0.25) is 0 Å². The first-order chi connectivity index (χ1) is 6.63. The number of ether oxygens (including phenoxy) is 3. The Labute approximate surface area is 81.6 Å². The van der Waals surface area contributed by atoms with Crippen molar-refractivity contribution in [2.75, 3.05) is 6.61 Å². The average Bonchev–Trinajstić information content (AvgIpc) is 2.42. The topological polar surface area (TPSA) is 61.8 Å².